The third-order valence-electron chi connectivity index (χ3n) is 2.61. The standard InChI is InChI=1S/C15H11NO3S/c1-10-4-5-11(19-10)6-7-13(17)12(9-16)15(18)14-3-2-8-20-14/h2-8,12H,1H3/b7-6-/t12-/m1/s1. The van der Waals surface area contributed by atoms with E-state index in [9.17, 15) is 9.59 Å². The molecule has 4 nitrogen and oxygen atoms in total. The smallest absolute Gasteiger partial charge is 0.197 e. The van der Waals surface area contributed by atoms with Gasteiger partial charge in [0.15, 0.2) is 17.5 Å². The molecule has 0 radical (unpaired) electrons. The maximum atomic E-state index is 12.0. The third-order valence-corrected chi connectivity index (χ3v) is 3.50. The molecule has 0 amide bonds. The van der Waals surface area contributed by atoms with Crippen LogP contribution in [0.15, 0.2) is 40.1 Å². The molecule has 0 saturated heterocycles. The van der Waals surface area contributed by atoms with E-state index in [2.05, 4.69) is 0 Å². The van der Waals surface area contributed by atoms with Crippen molar-refractivity contribution in [1.29, 1.82) is 5.26 Å². The van der Waals surface area contributed by atoms with Gasteiger partial charge >= 0.3 is 0 Å². The number of nitrogens with zero attached hydrogens (tertiary/aromatic N) is 1. The molecule has 2 heterocycles. The summed E-state index contributed by atoms with van der Waals surface area (Å²) in [6.45, 7) is 1.79. The molecule has 20 heavy (non-hydrogen) atoms. The molecular formula is C15H11NO3S. The first-order chi connectivity index (χ1) is 9.61. The van der Waals surface area contributed by atoms with E-state index >= 15 is 0 Å². The predicted molar refractivity (Wildman–Crippen MR) is 75.2 cm³/mol. The summed E-state index contributed by atoms with van der Waals surface area (Å²) in [5.41, 5.74) is 0. The second-order valence-corrected chi connectivity index (χ2v) is 5.04. The zero-order valence-corrected chi connectivity index (χ0v) is 11.5. The average Bonchev–Trinajstić information content (AvgIpc) is 3.08. The molecule has 2 aromatic rings. The molecular weight excluding hydrogens is 274 g/mol. The van der Waals surface area contributed by atoms with Gasteiger partial charge in [-0.15, -0.1) is 11.3 Å². The Morgan fingerprint density at radius 1 is 1.40 bits per heavy atom. The fraction of sp³-hybridized carbons (Fsp3) is 0.133. The van der Waals surface area contributed by atoms with Crippen LogP contribution in [0.1, 0.15) is 21.2 Å². The normalized spacial score (nSPS) is 12.2. The molecule has 0 unspecified atom stereocenters. The number of hydrogen-bond acceptors (Lipinski definition) is 5. The van der Waals surface area contributed by atoms with Crippen LogP contribution in [-0.2, 0) is 4.79 Å². The van der Waals surface area contributed by atoms with Crippen LogP contribution in [0.4, 0.5) is 0 Å². The van der Waals surface area contributed by atoms with Gasteiger partial charge in [-0.2, -0.15) is 5.26 Å². The number of hydrogen-bond donors (Lipinski definition) is 0. The van der Waals surface area contributed by atoms with Gasteiger partial charge in [0.2, 0.25) is 0 Å². The summed E-state index contributed by atoms with van der Waals surface area (Å²) in [7, 11) is 0. The van der Waals surface area contributed by atoms with Crippen molar-refractivity contribution in [1.82, 2.24) is 0 Å². The van der Waals surface area contributed by atoms with E-state index < -0.39 is 17.5 Å². The van der Waals surface area contributed by atoms with Crippen molar-refractivity contribution in [3.63, 3.8) is 0 Å². The summed E-state index contributed by atoms with van der Waals surface area (Å²) < 4.78 is 5.28. The first kappa shape index (κ1) is 14.0. The fourth-order valence-corrected chi connectivity index (χ4v) is 2.31. The Morgan fingerprint density at radius 3 is 2.75 bits per heavy atom. The minimum absolute atomic E-state index is 0.409. The van der Waals surface area contributed by atoms with Gasteiger partial charge in [-0.1, -0.05) is 6.07 Å². The van der Waals surface area contributed by atoms with E-state index in [1.54, 1.807) is 42.6 Å². The number of rotatable bonds is 5. The number of furan rings is 1. The van der Waals surface area contributed by atoms with Crippen molar-refractivity contribution in [2.24, 2.45) is 5.92 Å². The predicted octanol–water partition coefficient (Wildman–Crippen LogP) is 3.25. The molecule has 0 aromatic carbocycles. The van der Waals surface area contributed by atoms with E-state index in [0.29, 0.717) is 10.6 Å². The van der Waals surface area contributed by atoms with Crippen LogP contribution < -0.4 is 0 Å². The van der Waals surface area contributed by atoms with Crippen molar-refractivity contribution >= 4 is 29.0 Å². The van der Waals surface area contributed by atoms with Gasteiger partial charge in [-0.25, -0.2) is 0 Å². The largest absolute Gasteiger partial charge is 0.462 e. The highest BCUT2D eigenvalue weighted by Crippen LogP contribution is 2.16. The lowest BCUT2D eigenvalue weighted by Gasteiger charge is -2.01. The monoisotopic (exact) mass is 285 g/mol. The van der Waals surface area contributed by atoms with Gasteiger partial charge in [0.05, 0.1) is 10.9 Å². The van der Waals surface area contributed by atoms with Crippen LogP contribution in [-0.4, -0.2) is 11.6 Å². The van der Waals surface area contributed by atoms with Crippen molar-refractivity contribution in [2.75, 3.05) is 0 Å². The van der Waals surface area contributed by atoms with Gasteiger partial charge in [0, 0.05) is 0 Å². The third kappa shape index (κ3) is 3.11. The van der Waals surface area contributed by atoms with Crippen LogP contribution in [0.25, 0.3) is 6.08 Å². The lowest BCUT2D eigenvalue weighted by molar-refractivity contribution is -0.115. The molecule has 5 heteroatoms. The van der Waals surface area contributed by atoms with Crippen molar-refractivity contribution < 1.29 is 14.0 Å². The van der Waals surface area contributed by atoms with Crippen molar-refractivity contribution in [3.8, 4) is 6.07 Å². The first-order valence-corrected chi connectivity index (χ1v) is 6.75. The lowest BCUT2D eigenvalue weighted by atomic mass is 9.99. The number of carbonyl (C=O) groups is 2. The van der Waals surface area contributed by atoms with E-state index in [4.69, 9.17) is 9.68 Å². The summed E-state index contributed by atoms with van der Waals surface area (Å²) in [5.74, 6) is -1.08. The van der Waals surface area contributed by atoms with E-state index in [0.717, 1.165) is 5.76 Å². The molecule has 1 atom stereocenters. The number of thiophene rings is 1. The van der Waals surface area contributed by atoms with E-state index in [-0.39, 0.29) is 0 Å². The number of nitriles is 1. The molecule has 0 aliphatic carbocycles. The second-order valence-electron chi connectivity index (χ2n) is 4.09. The Balaban J connectivity index is 2.12. The number of aryl methyl sites for hydroxylation is 1. The van der Waals surface area contributed by atoms with E-state index in [1.807, 2.05) is 0 Å². The highest BCUT2D eigenvalue weighted by Gasteiger charge is 2.26. The van der Waals surface area contributed by atoms with Crippen LogP contribution in [0.2, 0.25) is 0 Å². The second kappa shape index (κ2) is 6.13. The maximum absolute atomic E-state index is 12.0. The number of carbonyl (C=O) groups excluding carboxylic acids is 2. The first-order valence-electron chi connectivity index (χ1n) is 5.87. The lowest BCUT2D eigenvalue weighted by Crippen LogP contribution is -2.20. The Bertz CT molecular complexity index is 689. The fourth-order valence-electron chi connectivity index (χ4n) is 1.62. The number of Topliss-reactive ketones (excluding diaryl/α,β-unsaturated/α-hetero) is 1. The maximum Gasteiger partial charge on any atom is 0.197 e. The van der Waals surface area contributed by atoms with Crippen LogP contribution in [0, 0.1) is 24.2 Å². The summed E-state index contributed by atoms with van der Waals surface area (Å²) >= 11 is 1.21. The molecule has 100 valence electrons. The SMILES string of the molecule is Cc1ccc(/C=C\C(=O)[C@@H](C#N)C(=O)c2cccs2)o1. The molecule has 2 aromatic heterocycles. The van der Waals surface area contributed by atoms with Gasteiger partial charge in [-0.3, -0.25) is 9.59 Å². The van der Waals surface area contributed by atoms with Gasteiger partial charge in [0.1, 0.15) is 11.5 Å². The topological polar surface area (TPSA) is 71.1 Å². The van der Waals surface area contributed by atoms with E-state index in [1.165, 1.54) is 23.5 Å². The highest BCUT2D eigenvalue weighted by atomic mass is 32.1. The molecule has 0 bridgehead atoms. The molecule has 0 saturated carbocycles. The molecule has 0 spiro atoms. The molecule has 0 N–H and O–H groups in total. The quantitative estimate of drug-likeness (QED) is 0.480. The van der Waals surface area contributed by atoms with Crippen molar-refractivity contribution in [2.45, 2.75) is 6.92 Å². The van der Waals surface area contributed by atoms with Crippen LogP contribution in [0.5, 0.6) is 0 Å². The Kier molecular flexibility index (Phi) is 4.28. The zero-order chi connectivity index (χ0) is 14.5. The van der Waals surface area contributed by atoms with Crippen LogP contribution >= 0.6 is 11.3 Å². The van der Waals surface area contributed by atoms with Gasteiger partial charge in [-0.05, 0) is 42.7 Å². The Labute approximate surface area is 120 Å². The van der Waals surface area contributed by atoms with Crippen molar-refractivity contribution in [3.05, 3.63) is 52.1 Å². The van der Waals surface area contributed by atoms with Crippen LogP contribution in [0.3, 0.4) is 0 Å². The highest BCUT2D eigenvalue weighted by molar-refractivity contribution is 7.12. The molecule has 0 aliphatic heterocycles. The summed E-state index contributed by atoms with van der Waals surface area (Å²) in [5, 5.41) is 10.8. The summed E-state index contributed by atoms with van der Waals surface area (Å²) in [6.07, 6.45) is 2.67. The van der Waals surface area contributed by atoms with Gasteiger partial charge in [0.25, 0.3) is 0 Å². The zero-order valence-electron chi connectivity index (χ0n) is 10.7. The van der Waals surface area contributed by atoms with Gasteiger partial charge < -0.3 is 4.42 Å². The summed E-state index contributed by atoms with van der Waals surface area (Å²) in [4.78, 5) is 24.3. The molecule has 2 rings (SSSR count). The Hall–Kier alpha value is -2.45. The molecule has 0 aliphatic rings. The molecule has 0 fully saturated rings. The Morgan fingerprint density at radius 2 is 2.20 bits per heavy atom. The minimum atomic E-state index is -1.30. The average molecular weight is 285 g/mol. The summed E-state index contributed by atoms with van der Waals surface area (Å²) in [6, 6.07) is 8.54. The number of ketones is 2. The minimum Gasteiger partial charge on any atom is -0.462 e. The number of allylic oxidation sites excluding steroid dienone is 1.